The van der Waals surface area contributed by atoms with E-state index in [2.05, 4.69) is 4.98 Å². The van der Waals surface area contributed by atoms with E-state index in [1.54, 1.807) is 30.3 Å². The van der Waals surface area contributed by atoms with Crippen LogP contribution < -0.4 is 9.47 Å². The number of fused-ring (bicyclic) bond motifs is 1. The Morgan fingerprint density at radius 2 is 1.76 bits per heavy atom. The molecule has 0 amide bonds. The first kappa shape index (κ1) is 13.8. The Balaban J connectivity index is 1.78. The molecule has 0 aliphatic rings. The molecule has 2 aromatic carbocycles. The van der Waals surface area contributed by atoms with Gasteiger partial charge in [0.25, 0.3) is 0 Å². The van der Waals surface area contributed by atoms with E-state index in [1.165, 1.54) is 0 Å². The van der Waals surface area contributed by atoms with E-state index < -0.39 is 0 Å². The van der Waals surface area contributed by atoms with Gasteiger partial charge in [0.15, 0.2) is 5.58 Å². The molecular weight excluding hydrogens is 290 g/mol. The Morgan fingerprint density at radius 1 is 1.05 bits per heavy atom. The maximum atomic E-state index is 5.90. The lowest BCUT2D eigenvalue weighted by atomic mass is 10.3. The summed E-state index contributed by atoms with van der Waals surface area (Å²) in [6.45, 7) is 3.96. The summed E-state index contributed by atoms with van der Waals surface area (Å²) in [6, 6.07) is 12.5. The minimum Gasteiger partial charge on any atom is -0.491 e. The lowest BCUT2D eigenvalue weighted by molar-refractivity contribution is 0.242. The molecule has 1 heterocycles. The van der Waals surface area contributed by atoms with Crippen LogP contribution in [0.3, 0.4) is 0 Å². The molecular formula is C16H14ClNO3. The summed E-state index contributed by atoms with van der Waals surface area (Å²) in [6.07, 6.45) is 0.323. The molecule has 0 aliphatic carbocycles. The van der Waals surface area contributed by atoms with Gasteiger partial charge in [-0.1, -0.05) is 11.6 Å². The van der Waals surface area contributed by atoms with E-state index in [9.17, 15) is 0 Å². The molecule has 0 unspecified atom stereocenters. The van der Waals surface area contributed by atoms with Crippen molar-refractivity contribution in [2.45, 2.75) is 20.0 Å². The van der Waals surface area contributed by atoms with E-state index in [4.69, 9.17) is 25.5 Å². The average Bonchev–Trinajstić information content (AvgIpc) is 2.82. The molecule has 3 aromatic rings. The molecule has 0 radical (unpaired) electrons. The minimum absolute atomic E-state index is 0.138. The molecule has 4 nitrogen and oxygen atoms in total. The standard InChI is InChI=1S/C16H14ClNO3/c1-10(2)19-12-4-6-13(7-5-12)20-16-18-14-8-3-11(17)9-15(14)21-16/h3-10H,1-2H3. The number of hydrogen-bond acceptors (Lipinski definition) is 4. The summed E-state index contributed by atoms with van der Waals surface area (Å²) < 4.78 is 16.7. The van der Waals surface area contributed by atoms with Crippen LogP contribution in [-0.4, -0.2) is 11.1 Å². The van der Waals surface area contributed by atoms with Crippen LogP contribution >= 0.6 is 11.6 Å². The van der Waals surface area contributed by atoms with Crippen LogP contribution in [0.25, 0.3) is 11.1 Å². The Hall–Kier alpha value is -2.20. The van der Waals surface area contributed by atoms with Crippen molar-refractivity contribution in [1.82, 2.24) is 4.98 Å². The van der Waals surface area contributed by atoms with E-state index in [1.807, 2.05) is 26.0 Å². The monoisotopic (exact) mass is 303 g/mol. The van der Waals surface area contributed by atoms with Crippen molar-refractivity contribution in [2.75, 3.05) is 0 Å². The highest BCUT2D eigenvalue weighted by molar-refractivity contribution is 6.31. The van der Waals surface area contributed by atoms with Crippen LogP contribution in [0.15, 0.2) is 46.9 Å². The van der Waals surface area contributed by atoms with Gasteiger partial charge < -0.3 is 13.9 Å². The van der Waals surface area contributed by atoms with E-state index >= 15 is 0 Å². The van der Waals surface area contributed by atoms with Crippen molar-refractivity contribution in [3.63, 3.8) is 0 Å². The van der Waals surface area contributed by atoms with Crippen LogP contribution in [0, 0.1) is 0 Å². The normalized spacial score (nSPS) is 11.0. The zero-order chi connectivity index (χ0) is 14.8. The third kappa shape index (κ3) is 3.28. The van der Waals surface area contributed by atoms with Crippen LogP contribution in [0.5, 0.6) is 17.6 Å². The molecule has 108 valence electrons. The fourth-order valence-corrected chi connectivity index (χ4v) is 2.04. The summed E-state index contributed by atoms with van der Waals surface area (Å²) in [5, 5.41) is 0.598. The molecule has 0 saturated carbocycles. The Morgan fingerprint density at radius 3 is 2.48 bits per heavy atom. The second-order valence-corrected chi connectivity index (χ2v) is 5.27. The van der Waals surface area contributed by atoms with Gasteiger partial charge in [0, 0.05) is 11.1 Å². The number of aromatic nitrogens is 1. The van der Waals surface area contributed by atoms with Gasteiger partial charge in [0.1, 0.15) is 17.0 Å². The topological polar surface area (TPSA) is 44.5 Å². The second kappa shape index (κ2) is 5.66. The Kier molecular flexibility index (Phi) is 3.71. The number of hydrogen-bond donors (Lipinski definition) is 0. The summed E-state index contributed by atoms with van der Waals surface area (Å²) >= 11 is 5.90. The summed E-state index contributed by atoms with van der Waals surface area (Å²) in [7, 11) is 0. The fraction of sp³-hybridized carbons (Fsp3) is 0.188. The zero-order valence-corrected chi connectivity index (χ0v) is 12.4. The summed E-state index contributed by atoms with van der Waals surface area (Å²) in [4.78, 5) is 4.24. The highest BCUT2D eigenvalue weighted by Crippen LogP contribution is 2.28. The van der Waals surface area contributed by atoms with Crippen molar-refractivity contribution in [3.8, 4) is 17.6 Å². The maximum Gasteiger partial charge on any atom is 0.400 e. The molecule has 21 heavy (non-hydrogen) atoms. The maximum absolute atomic E-state index is 5.90. The quantitative estimate of drug-likeness (QED) is 0.675. The molecule has 0 aliphatic heterocycles. The molecule has 5 heteroatoms. The number of ether oxygens (including phenoxy) is 2. The smallest absolute Gasteiger partial charge is 0.400 e. The van der Waals surface area contributed by atoms with Gasteiger partial charge in [0.05, 0.1) is 6.10 Å². The molecule has 0 atom stereocenters. The number of halogens is 1. The van der Waals surface area contributed by atoms with Crippen LogP contribution in [0.2, 0.25) is 5.02 Å². The molecule has 0 bridgehead atoms. The Bertz CT molecular complexity index is 750. The van der Waals surface area contributed by atoms with Crippen molar-refractivity contribution in [1.29, 1.82) is 0 Å². The first-order chi connectivity index (χ1) is 10.1. The van der Waals surface area contributed by atoms with Gasteiger partial charge in [-0.2, -0.15) is 4.98 Å². The fourth-order valence-electron chi connectivity index (χ4n) is 1.88. The van der Waals surface area contributed by atoms with Crippen LogP contribution in [0.4, 0.5) is 0 Å². The zero-order valence-electron chi connectivity index (χ0n) is 11.7. The first-order valence-corrected chi connectivity index (χ1v) is 6.98. The number of rotatable bonds is 4. The average molecular weight is 304 g/mol. The first-order valence-electron chi connectivity index (χ1n) is 6.61. The number of oxazole rings is 1. The molecule has 3 rings (SSSR count). The van der Waals surface area contributed by atoms with Gasteiger partial charge in [-0.05, 0) is 50.2 Å². The molecule has 0 saturated heterocycles. The number of nitrogens with zero attached hydrogens (tertiary/aromatic N) is 1. The SMILES string of the molecule is CC(C)Oc1ccc(Oc2nc3ccc(Cl)cc3o2)cc1. The van der Waals surface area contributed by atoms with Gasteiger partial charge in [-0.15, -0.1) is 0 Å². The predicted octanol–water partition coefficient (Wildman–Crippen LogP) is 5.06. The molecule has 0 N–H and O–H groups in total. The van der Waals surface area contributed by atoms with E-state index in [-0.39, 0.29) is 12.2 Å². The van der Waals surface area contributed by atoms with Crippen molar-refractivity contribution < 1.29 is 13.9 Å². The van der Waals surface area contributed by atoms with E-state index in [0.29, 0.717) is 21.9 Å². The Labute approximate surface area is 127 Å². The summed E-state index contributed by atoms with van der Waals surface area (Å²) in [5.41, 5.74) is 1.30. The van der Waals surface area contributed by atoms with Gasteiger partial charge >= 0.3 is 6.08 Å². The van der Waals surface area contributed by atoms with Crippen molar-refractivity contribution in [3.05, 3.63) is 47.5 Å². The van der Waals surface area contributed by atoms with Gasteiger partial charge in [0.2, 0.25) is 0 Å². The second-order valence-electron chi connectivity index (χ2n) is 4.83. The highest BCUT2D eigenvalue weighted by atomic mass is 35.5. The van der Waals surface area contributed by atoms with Crippen molar-refractivity contribution >= 4 is 22.7 Å². The molecule has 0 spiro atoms. The largest absolute Gasteiger partial charge is 0.491 e. The van der Waals surface area contributed by atoms with Crippen LogP contribution in [0.1, 0.15) is 13.8 Å². The minimum atomic E-state index is 0.138. The predicted molar refractivity (Wildman–Crippen MR) is 81.3 cm³/mol. The van der Waals surface area contributed by atoms with Crippen molar-refractivity contribution in [2.24, 2.45) is 0 Å². The highest BCUT2D eigenvalue weighted by Gasteiger charge is 2.08. The van der Waals surface area contributed by atoms with Crippen LogP contribution in [-0.2, 0) is 0 Å². The molecule has 1 aromatic heterocycles. The van der Waals surface area contributed by atoms with Gasteiger partial charge in [-0.3, -0.25) is 0 Å². The lowest BCUT2D eigenvalue weighted by Gasteiger charge is -2.09. The summed E-state index contributed by atoms with van der Waals surface area (Å²) in [5.74, 6) is 1.42. The molecule has 0 fully saturated rings. The van der Waals surface area contributed by atoms with Gasteiger partial charge in [-0.25, -0.2) is 0 Å². The third-order valence-corrected chi connectivity index (χ3v) is 2.97. The number of benzene rings is 2. The lowest BCUT2D eigenvalue weighted by Crippen LogP contribution is -2.05. The van der Waals surface area contributed by atoms with E-state index in [0.717, 1.165) is 5.75 Å². The third-order valence-electron chi connectivity index (χ3n) is 2.73.